The lowest BCUT2D eigenvalue weighted by atomic mass is 10.1. The zero-order chi connectivity index (χ0) is 18.1. The van der Waals surface area contributed by atoms with Crippen LogP contribution in [0.25, 0.3) is 10.1 Å². The van der Waals surface area contributed by atoms with Gasteiger partial charge in [-0.1, -0.05) is 58.2 Å². The Kier molecular flexibility index (Phi) is 8.11. The van der Waals surface area contributed by atoms with Crippen LogP contribution in [0.1, 0.15) is 69.0 Å². The Bertz CT molecular complexity index is 606. The Labute approximate surface area is 157 Å². The summed E-state index contributed by atoms with van der Waals surface area (Å²) in [4.78, 5) is 14.1. The number of carbonyl (C=O) groups excluding carboxylic acids is 1. The van der Waals surface area contributed by atoms with Gasteiger partial charge < -0.3 is 4.48 Å². The molecule has 3 heteroatoms. The molecule has 1 aromatic heterocycles. The van der Waals surface area contributed by atoms with Gasteiger partial charge in [-0.25, -0.2) is 0 Å². The molecule has 2 aromatic rings. The second-order valence-corrected chi connectivity index (χ2v) is 8.39. The number of nitrogens with zero attached hydrogens (tertiary/aromatic N) is 1. The van der Waals surface area contributed by atoms with Crippen molar-refractivity contribution in [1.82, 2.24) is 0 Å². The molecule has 0 spiro atoms. The molecule has 0 aliphatic heterocycles. The standard InChI is InChI=1S/C22H34NOS/c1-4-7-14-23(15-8-5-2,16-9-6-3)18-20(24)22-17-19-12-10-11-13-21(19)25-22/h10-13,17H,4-9,14-16,18H2,1-3H3/q+1. The molecule has 0 saturated carbocycles. The van der Waals surface area contributed by atoms with Gasteiger partial charge in [0.05, 0.1) is 24.5 Å². The lowest BCUT2D eigenvalue weighted by Crippen LogP contribution is -2.53. The van der Waals surface area contributed by atoms with Gasteiger partial charge in [0.25, 0.3) is 0 Å². The molecular formula is C22H34NOS+. The Morgan fingerprint density at radius 2 is 1.48 bits per heavy atom. The van der Waals surface area contributed by atoms with Gasteiger partial charge in [-0.2, -0.15) is 0 Å². The summed E-state index contributed by atoms with van der Waals surface area (Å²) in [6.45, 7) is 10.9. The van der Waals surface area contributed by atoms with E-state index in [-0.39, 0.29) is 0 Å². The Morgan fingerprint density at radius 1 is 0.920 bits per heavy atom. The minimum Gasteiger partial charge on any atom is -0.317 e. The van der Waals surface area contributed by atoms with Gasteiger partial charge in [-0.3, -0.25) is 4.79 Å². The van der Waals surface area contributed by atoms with E-state index in [2.05, 4.69) is 45.0 Å². The van der Waals surface area contributed by atoms with E-state index in [1.54, 1.807) is 11.3 Å². The highest BCUT2D eigenvalue weighted by atomic mass is 32.1. The largest absolute Gasteiger partial charge is 0.317 e. The molecule has 25 heavy (non-hydrogen) atoms. The predicted octanol–water partition coefficient (Wildman–Crippen LogP) is 6.30. The third kappa shape index (κ3) is 5.65. The lowest BCUT2D eigenvalue weighted by molar-refractivity contribution is -0.921. The fraction of sp³-hybridized carbons (Fsp3) is 0.591. The first-order valence-electron chi connectivity index (χ1n) is 10.0. The third-order valence-corrected chi connectivity index (χ3v) is 6.29. The number of fused-ring (bicyclic) bond motifs is 1. The van der Waals surface area contributed by atoms with E-state index in [1.165, 1.54) is 48.6 Å². The molecule has 0 aliphatic rings. The van der Waals surface area contributed by atoms with Crippen molar-refractivity contribution in [2.75, 3.05) is 26.2 Å². The van der Waals surface area contributed by atoms with Crippen LogP contribution in [0.2, 0.25) is 0 Å². The fourth-order valence-corrected chi connectivity index (χ4v) is 4.55. The van der Waals surface area contributed by atoms with Crippen LogP contribution in [-0.4, -0.2) is 36.4 Å². The molecule has 0 N–H and O–H groups in total. The minimum atomic E-state index is 0.338. The first-order chi connectivity index (χ1) is 12.1. The summed E-state index contributed by atoms with van der Waals surface area (Å²) in [5, 5.41) is 1.20. The molecular weight excluding hydrogens is 326 g/mol. The molecule has 0 unspecified atom stereocenters. The maximum Gasteiger partial charge on any atom is 0.226 e. The highest BCUT2D eigenvalue weighted by molar-refractivity contribution is 7.20. The first-order valence-corrected chi connectivity index (χ1v) is 10.8. The molecule has 0 fully saturated rings. The number of quaternary nitrogens is 1. The van der Waals surface area contributed by atoms with Crippen molar-refractivity contribution < 1.29 is 9.28 Å². The molecule has 0 atom stereocenters. The second kappa shape index (κ2) is 10.1. The van der Waals surface area contributed by atoms with Crippen LogP contribution < -0.4 is 0 Å². The SMILES string of the molecule is CCCC[N+](CCCC)(CCCC)CC(=O)c1cc2ccccc2s1. The van der Waals surface area contributed by atoms with Crippen LogP contribution in [0.3, 0.4) is 0 Å². The number of ketones is 1. The van der Waals surface area contributed by atoms with E-state index in [0.717, 1.165) is 29.0 Å². The van der Waals surface area contributed by atoms with Crippen LogP contribution in [-0.2, 0) is 0 Å². The number of rotatable bonds is 12. The number of benzene rings is 1. The van der Waals surface area contributed by atoms with Crippen LogP contribution in [0.15, 0.2) is 30.3 Å². The summed E-state index contributed by atoms with van der Waals surface area (Å²) in [5.74, 6) is 0.338. The van der Waals surface area contributed by atoms with Crippen molar-refractivity contribution in [2.45, 2.75) is 59.3 Å². The van der Waals surface area contributed by atoms with Crippen LogP contribution in [0.5, 0.6) is 0 Å². The zero-order valence-electron chi connectivity index (χ0n) is 16.2. The molecule has 138 valence electrons. The summed E-state index contributed by atoms with van der Waals surface area (Å²) >= 11 is 1.66. The minimum absolute atomic E-state index is 0.338. The van der Waals surface area contributed by atoms with Crippen molar-refractivity contribution in [1.29, 1.82) is 0 Å². The van der Waals surface area contributed by atoms with Gasteiger partial charge in [-0.15, -0.1) is 11.3 Å². The second-order valence-electron chi connectivity index (χ2n) is 7.30. The average molecular weight is 361 g/mol. The molecule has 2 rings (SSSR count). The topological polar surface area (TPSA) is 17.1 Å². The summed E-state index contributed by atoms with van der Waals surface area (Å²) in [6, 6.07) is 10.4. The van der Waals surface area contributed by atoms with Gasteiger partial charge in [0.2, 0.25) is 5.78 Å². The van der Waals surface area contributed by atoms with E-state index in [9.17, 15) is 4.79 Å². The van der Waals surface area contributed by atoms with Gasteiger partial charge in [0.15, 0.2) is 0 Å². The van der Waals surface area contributed by atoms with Gasteiger partial charge in [0.1, 0.15) is 6.54 Å². The Morgan fingerprint density at radius 3 is 2.00 bits per heavy atom. The first kappa shape index (κ1) is 20.1. The predicted molar refractivity (Wildman–Crippen MR) is 111 cm³/mol. The zero-order valence-corrected chi connectivity index (χ0v) is 17.0. The number of Topliss-reactive ketones (excluding diaryl/α,β-unsaturated/α-hetero) is 1. The number of carbonyl (C=O) groups is 1. The van der Waals surface area contributed by atoms with Crippen molar-refractivity contribution in [3.05, 3.63) is 35.2 Å². The molecule has 0 radical (unpaired) electrons. The smallest absolute Gasteiger partial charge is 0.226 e. The number of hydrogen-bond donors (Lipinski definition) is 0. The number of thiophene rings is 1. The van der Waals surface area contributed by atoms with Crippen molar-refractivity contribution in [3.63, 3.8) is 0 Å². The third-order valence-electron chi connectivity index (χ3n) is 5.14. The van der Waals surface area contributed by atoms with Crippen molar-refractivity contribution in [2.24, 2.45) is 0 Å². The van der Waals surface area contributed by atoms with E-state index in [1.807, 2.05) is 6.07 Å². The van der Waals surface area contributed by atoms with E-state index in [0.29, 0.717) is 12.3 Å². The van der Waals surface area contributed by atoms with Crippen molar-refractivity contribution >= 4 is 27.2 Å². The van der Waals surface area contributed by atoms with Crippen LogP contribution >= 0.6 is 11.3 Å². The normalized spacial score (nSPS) is 12.0. The number of hydrogen-bond acceptors (Lipinski definition) is 2. The van der Waals surface area contributed by atoms with E-state index >= 15 is 0 Å². The summed E-state index contributed by atoms with van der Waals surface area (Å²) < 4.78 is 2.21. The van der Waals surface area contributed by atoms with Crippen LogP contribution in [0.4, 0.5) is 0 Å². The van der Waals surface area contributed by atoms with Crippen molar-refractivity contribution in [3.8, 4) is 0 Å². The monoisotopic (exact) mass is 360 g/mol. The molecule has 0 amide bonds. The number of unbranched alkanes of at least 4 members (excludes halogenated alkanes) is 3. The average Bonchev–Trinajstić information content (AvgIpc) is 3.07. The van der Waals surface area contributed by atoms with E-state index < -0.39 is 0 Å². The molecule has 0 saturated heterocycles. The highest BCUT2D eigenvalue weighted by Crippen LogP contribution is 2.27. The maximum absolute atomic E-state index is 13.1. The lowest BCUT2D eigenvalue weighted by Gasteiger charge is -2.38. The molecule has 1 heterocycles. The molecule has 0 aliphatic carbocycles. The summed E-state index contributed by atoms with van der Waals surface area (Å²) in [5.41, 5.74) is 0. The molecule has 2 nitrogen and oxygen atoms in total. The maximum atomic E-state index is 13.1. The highest BCUT2D eigenvalue weighted by Gasteiger charge is 2.30. The fourth-order valence-electron chi connectivity index (χ4n) is 3.55. The van der Waals surface area contributed by atoms with Gasteiger partial charge in [-0.05, 0) is 36.8 Å². The van der Waals surface area contributed by atoms with E-state index in [4.69, 9.17) is 0 Å². The Hall–Kier alpha value is -1.19. The molecule has 0 bridgehead atoms. The quantitative estimate of drug-likeness (QED) is 0.320. The van der Waals surface area contributed by atoms with Crippen LogP contribution in [0, 0.1) is 0 Å². The summed E-state index contributed by atoms with van der Waals surface area (Å²) in [6.07, 6.45) is 7.26. The molecule has 1 aromatic carbocycles. The van der Waals surface area contributed by atoms with Gasteiger partial charge >= 0.3 is 0 Å². The summed E-state index contributed by atoms with van der Waals surface area (Å²) in [7, 11) is 0. The van der Waals surface area contributed by atoms with Gasteiger partial charge in [0, 0.05) is 4.70 Å². The Balaban J connectivity index is 2.20.